The van der Waals surface area contributed by atoms with E-state index in [-0.39, 0.29) is 0 Å². The Morgan fingerprint density at radius 3 is 3.30 bits per heavy atom. The van der Waals surface area contributed by atoms with Crippen LogP contribution in [0.5, 0.6) is 0 Å². The van der Waals surface area contributed by atoms with Gasteiger partial charge in [0.2, 0.25) is 0 Å². The van der Waals surface area contributed by atoms with Gasteiger partial charge in [-0.05, 0) is 17.5 Å². The van der Waals surface area contributed by atoms with Gasteiger partial charge in [-0.25, -0.2) is 4.98 Å². The summed E-state index contributed by atoms with van der Waals surface area (Å²) in [7, 11) is 0. The minimum absolute atomic E-state index is 0.700. The Morgan fingerprint density at radius 2 is 2.40 bits per heavy atom. The van der Waals surface area contributed by atoms with Gasteiger partial charge >= 0.3 is 0 Å². The molecule has 3 heteroatoms. The van der Waals surface area contributed by atoms with Crippen LogP contribution in [0.15, 0.2) is 23.7 Å². The van der Waals surface area contributed by atoms with Crippen LogP contribution in [0, 0.1) is 0 Å². The molecule has 0 bridgehead atoms. The predicted molar refractivity (Wildman–Crippen MR) is 44.6 cm³/mol. The van der Waals surface area contributed by atoms with Crippen molar-refractivity contribution in [3.8, 4) is 0 Å². The van der Waals surface area contributed by atoms with Crippen LogP contribution in [0.4, 0.5) is 0 Å². The molecule has 0 N–H and O–H groups in total. The third-order valence-electron chi connectivity index (χ3n) is 1.27. The van der Waals surface area contributed by atoms with Gasteiger partial charge in [0.05, 0.1) is 5.02 Å². The molecule has 0 fully saturated rings. The molecule has 0 saturated carbocycles. The van der Waals surface area contributed by atoms with Gasteiger partial charge in [-0.1, -0.05) is 11.6 Å². The molecule has 0 amide bonds. The molecule has 0 aromatic carbocycles. The lowest BCUT2D eigenvalue weighted by Gasteiger charge is -1.87. The fraction of sp³-hybridized carbons (Fsp3) is 0. The van der Waals surface area contributed by atoms with Crippen LogP contribution < -0.4 is 0 Å². The standard InChI is InChI=1S/C7H4ClNS/c8-6-3-5-1-2-10-7(5)9-4-6/h1-4H. The van der Waals surface area contributed by atoms with Crippen LogP contribution in [-0.2, 0) is 0 Å². The number of nitrogens with zero attached hydrogens (tertiary/aromatic N) is 1. The second-order valence-corrected chi connectivity index (χ2v) is 3.30. The maximum Gasteiger partial charge on any atom is 0.123 e. The highest BCUT2D eigenvalue weighted by atomic mass is 35.5. The Bertz CT molecular complexity index is 355. The summed E-state index contributed by atoms with van der Waals surface area (Å²) in [6.07, 6.45) is 1.67. The van der Waals surface area contributed by atoms with Gasteiger partial charge in [0, 0.05) is 11.6 Å². The van der Waals surface area contributed by atoms with E-state index in [9.17, 15) is 0 Å². The summed E-state index contributed by atoms with van der Waals surface area (Å²) >= 11 is 7.34. The smallest absolute Gasteiger partial charge is 0.123 e. The minimum Gasteiger partial charge on any atom is -0.244 e. The lowest BCUT2D eigenvalue weighted by molar-refractivity contribution is 1.45. The van der Waals surface area contributed by atoms with Crippen molar-refractivity contribution in [2.24, 2.45) is 0 Å². The van der Waals surface area contributed by atoms with Crippen molar-refractivity contribution in [2.45, 2.75) is 0 Å². The van der Waals surface area contributed by atoms with E-state index >= 15 is 0 Å². The van der Waals surface area contributed by atoms with E-state index in [2.05, 4.69) is 4.98 Å². The van der Waals surface area contributed by atoms with Crippen molar-refractivity contribution in [1.29, 1.82) is 0 Å². The number of rotatable bonds is 0. The van der Waals surface area contributed by atoms with Gasteiger partial charge in [0.25, 0.3) is 0 Å². The molecule has 0 saturated heterocycles. The quantitative estimate of drug-likeness (QED) is 0.591. The molecule has 0 atom stereocenters. The average molecular weight is 170 g/mol. The van der Waals surface area contributed by atoms with E-state index in [1.807, 2.05) is 17.5 Å². The minimum atomic E-state index is 0.700. The van der Waals surface area contributed by atoms with E-state index in [0.717, 1.165) is 10.2 Å². The molecule has 0 radical (unpaired) electrons. The van der Waals surface area contributed by atoms with Crippen molar-refractivity contribution < 1.29 is 0 Å². The number of hydrogen-bond acceptors (Lipinski definition) is 2. The molecule has 0 aliphatic rings. The molecule has 0 unspecified atom stereocenters. The maximum absolute atomic E-state index is 5.72. The van der Waals surface area contributed by atoms with Crippen LogP contribution in [0.2, 0.25) is 5.02 Å². The van der Waals surface area contributed by atoms with Gasteiger partial charge in [0.15, 0.2) is 0 Å². The molecule has 2 aromatic heterocycles. The highest BCUT2D eigenvalue weighted by Crippen LogP contribution is 2.20. The second-order valence-electron chi connectivity index (χ2n) is 1.97. The Kier molecular flexibility index (Phi) is 1.36. The van der Waals surface area contributed by atoms with E-state index < -0.39 is 0 Å². The topological polar surface area (TPSA) is 12.9 Å². The van der Waals surface area contributed by atoms with Gasteiger partial charge in [-0.15, -0.1) is 11.3 Å². The van der Waals surface area contributed by atoms with Gasteiger partial charge < -0.3 is 0 Å². The Hall–Kier alpha value is -0.600. The third kappa shape index (κ3) is 0.895. The predicted octanol–water partition coefficient (Wildman–Crippen LogP) is 2.95. The zero-order chi connectivity index (χ0) is 6.97. The fourth-order valence-corrected chi connectivity index (χ4v) is 1.72. The summed E-state index contributed by atoms with van der Waals surface area (Å²) in [6.45, 7) is 0. The highest BCUT2D eigenvalue weighted by molar-refractivity contribution is 7.16. The van der Waals surface area contributed by atoms with Gasteiger partial charge in [-0.3, -0.25) is 0 Å². The number of aromatic nitrogens is 1. The number of halogens is 1. The first kappa shape index (κ1) is 6.13. The molecule has 2 heterocycles. The van der Waals surface area contributed by atoms with Crippen molar-refractivity contribution >= 4 is 33.2 Å². The van der Waals surface area contributed by atoms with E-state index in [0.29, 0.717) is 5.02 Å². The lowest BCUT2D eigenvalue weighted by Crippen LogP contribution is -1.69. The summed E-state index contributed by atoms with van der Waals surface area (Å²) in [6, 6.07) is 3.93. The summed E-state index contributed by atoms with van der Waals surface area (Å²) in [5.41, 5.74) is 0. The highest BCUT2D eigenvalue weighted by Gasteiger charge is 1.94. The fourth-order valence-electron chi connectivity index (χ4n) is 0.832. The largest absolute Gasteiger partial charge is 0.244 e. The van der Waals surface area contributed by atoms with Crippen LogP contribution >= 0.6 is 22.9 Å². The normalized spacial score (nSPS) is 10.5. The van der Waals surface area contributed by atoms with E-state index in [1.54, 1.807) is 17.5 Å². The Labute approximate surface area is 67.3 Å². The first-order valence-electron chi connectivity index (χ1n) is 2.85. The zero-order valence-corrected chi connectivity index (χ0v) is 6.62. The monoisotopic (exact) mass is 169 g/mol. The van der Waals surface area contributed by atoms with Crippen LogP contribution in [0.3, 0.4) is 0 Å². The molecular weight excluding hydrogens is 166 g/mol. The van der Waals surface area contributed by atoms with Gasteiger partial charge in [-0.2, -0.15) is 0 Å². The molecule has 2 aromatic rings. The van der Waals surface area contributed by atoms with Crippen LogP contribution in [0.1, 0.15) is 0 Å². The first-order valence-corrected chi connectivity index (χ1v) is 4.11. The van der Waals surface area contributed by atoms with Crippen molar-refractivity contribution in [3.05, 3.63) is 28.7 Å². The maximum atomic E-state index is 5.72. The molecule has 0 aliphatic carbocycles. The molecule has 50 valence electrons. The molecule has 10 heavy (non-hydrogen) atoms. The van der Waals surface area contributed by atoms with E-state index in [4.69, 9.17) is 11.6 Å². The Morgan fingerprint density at radius 1 is 1.50 bits per heavy atom. The number of hydrogen-bond donors (Lipinski definition) is 0. The number of thiophene rings is 1. The second kappa shape index (κ2) is 2.22. The molecule has 0 aliphatic heterocycles. The lowest BCUT2D eigenvalue weighted by atomic mass is 10.3. The van der Waals surface area contributed by atoms with Crippen molar-refractivity contribution in [2.75, 3.05) is 0 Å². The summed E-state index contributed by atoms with van der Waals surface area (Å²) in [4.78, 5) is 5.17. The molecule has 1 nitrogen and oxygen atoms in total. The zero-order valence-electron chi connectivity index (χ0n) is 5.04. The Balaban J connectivity index is 2.86. The molecular formula is C7H4ClNS. The molecule has 0 spiro atoms. The average Bonchev–Trinajstić information content (AvgIpc) is 2.33. The van der Waals surface area contributed by atoms with Crippen molar-refractivity contribution in [1.82, 2.24) is 4.98 Å². The summed E-state index contributed by atoms with van der Waals surface area (Å²) in [5, 5.41) is 3.83. The van der Waals surface area contributed by atoms with Crippen LogP contribution in [0.25, 0.3) is 10.2 Å². The summed E-state index contributed by atoms with van der Waals surface area (Å²) < 4.78 is 0. The van der Waals surface area contributed by atoms with Crippen LogP contribution in [-0.4, -0.2) is 4.98 Å². The third-order valence-corrected chi connectivity index (χ3v) is 2.32. The summed E-state index contributed by atoms with van der Waals surface area (Å²) in [5.74, 6) is 0. The number of fused-ring (bicyclic) bond motifs is 1. The first-order chi connectivity index (χ1) is 4.86. The SMILES string of the molecule is Clc1cnc2sccc2c1. The number of pyridine rings is 1. The van der Waals surface area contributed by atoms with Crippen molar-refractivity contribution in [3.63, 3.8) is 0 Å². The van der Waals surface area contributed by atoms with E-state index in [1.165, 1.54) is 0 Å². The molecule has 2 rings (SSSR count). The van der Waals surface area contributed by atoms with Gasteiger partial charge in [0.1, 0.15) is 4.83 Å².